The summed E-state index contributed by atoms with van der Waals surface area (Å²) < 4.78 is 2.55. The van der Waals surface area contributed by atoms with Crippen molar-refractivity contribution in [1.29, 1.82) is 0 Å². The molecule has 0 bridgehead atoms. The quantitative estimate of drug-likeness (QED) is 0.185. The molecule has 0 saturated carbocycles. The van der Waals surface area contributed by atoms with E-state index in [0.29, 0.717) is 0 Å². The minimum absolute atomic E-state index is 1.00. The zero-order valence-corrected chi connectivity index (χ0v) is 25.9. The lowest BCUT2D eigenvalue weighted by atomic mass is 10.1. The zero-order valence-electron chi connectivity index (χ0n) is 25.1. The van der Waals surface area contributed by atoms with Crippen molar-refractivity contribution >= 4 is 77.0 Å². The van der Waals surface area contributed by atoms with Gasteiger partial charge in [-0.25, -0.2) is 0 Å². The number of hydrogen-bond donors (Lipinski definition) is 1. The summed E-state index contributed by atoms with van der Waals surface area (Å²) in [5, 5.41) is 6.27. The molecule has 1 N–H and O–H groups in total. The average Bonchev–Trinajstić information content (AvgIpc) is 3.50. The van der Waals surface area contributed by atoms with Crippen LogP contribution in [0.25, 0.3) is 20.2 Å². The number of rotatable bonds is 8. The molecule has 1 aromatic heterocycles. The molecule has 0 radical (unpaired) electrons. The molecule has 0 saturated heterocycles. The summed E-state index contributed by atoms with van der Waals surface area (Å²) in [5.74, 6) is 0. The normalized spacial score (nSPS) is 11.0. The van der Waals surface area contributed by atoms with E-state index in [9.17, 15) is 0 Å². The Bertz CT molecular complexity index is 2190. The maximum atomic E-state index is 3.71. The Labute approximate surface area is 273 Å². The van der Waals surface area contributed by atoms with Crippen molar-refractivity contribution in [2.75, 3.05) is 15.1 Å². The van der Waals surface area contributed by atoms with Crippen molar-refractivity contribution in [3.63, 3.8) is 0 Å². The molecule has 8 rings (SSSR count). The van der Waals surface area contributed by atoms with Crippen molar-refractivity contribution in [1.82, 2.24) is 0 Å². The second-order valence-corrected chi connectivity index (χ2v) is 12.2. The summed E-state index contributed by atoms with van der Waals surface area (Å²) >= 11 is 1.85. The van der Waals surface area contributed by atoms with Gasteiger partial charge in [-0.3, -0.25) is 0 Å². The number of thiophene rings is 1. The number of hydrogen-bond acceptors (Lipinski definition) is 4. The van der Waals surface area contributed by atoms with Gasteiger partial charge < -0.3 is 15.1 Å². The number of para-hydroxylation sites is 4. The van der Waals surface area contributed by atoms with Crippen molar-refractivity contribution < 1.29 is 0 Å². The number of nitrogens with one attached hydrogen (secondary N) is 1. The Morgan fingerprint density at radius 3 is 1.50 bits per heavy atom. The molecule has 46 heavy (non-hydrogen) atoms. The highest BCUT2D eigenvalue weighted by Crippen LogP contribution is 2.47. The third-order valence-electron chi connectivity index (χ3n) is 8.15. The molecule has 7 aromatic carbocycles. The minimum atomic E-state index is 1.00. The molecule has 0 atom stereocenters. The molecule has 8 aromatic rings. The van der Waals surface area contributed by atoms with Gasteiger partial charge in [0.1, 0.15) is 0 Å². The lowest BCUT2D eigenvalue weighted by Crippen LogP contribution is -2.14. The summed E-state index contributed by atoms with van der Waals surface area (Å²) in [7, 11) is 0. The molecular weight excluding hydrogens is 579 g/mol. The number of benzene rings is 7. The van der Waals surface area contributed by atoms with Crippen LogP contribution in [0.2, 0.25) is 0 Å². The first-order chi connectivity index (χ1) is 22.8. The van der Waals surface area contributed by atoms with Crippen LogP contribution >= 0.6 is 11.3 Å². The highest BCUT2D eigenvalue weighted by molar-refractivity contribution is 7.26. The second-order valence-electron chi connectivity index (χ2n) is 11.2. The van der Waals surface area contributed by atoms with Gasteiger partial charge in [0.25, 0.3) is 0 Å². The first-order valence-electron chi connectivity index (χ1n) is 15.4. The topological polar surface area (TPSA) is 18.5 Å². The lowest BCUT2D eigenvalue weighted by molar-refractivity contribution is 1.25. The predicted molar refractivity (Wildman–Crippen MR) is 198 cm³/mol. The zero-order chi connectivity index (χ0) is 30.7. The summed E-state index contributed by atoms with van der Waals surface area (Å²) in [4.78, 5) is 4.72. The Kier molecular flexibility index (Phi) is 7.39. The number of anilines is 8. The van der Waals surface area contributed by atoms with Gasteiger partial charge in [0.2, 0.25) is 0 Å². The molecule has 0 aliphatic rings. The van der Waals surface area contributed by atoms with E-state index in [0.717, 1.165) is 45.5 Å². The summed E-state index contributed by atoms with van der Waals surface area (Å²) in [5.41, 5.74) is 8.58. The number of fused-ring (bicyclic) bond motifs is 3. The van der Waals surface area contributed by atoms with Gasteiger partial charge in [0.15, 0.2) is 0 Å². The van der Waals surface area contributed by atoms with Crippen LogP contribution in [0.3, 0.4) is 0 Å². The summed E-state index contributed by atoms with van der Waals surface area (Å²) in [6.07, 6.45) is 0. The molecule has 0 aliphatic heterocycles. The fourth-order valence-corrected chi connectivity index (χ4v) is 7.33. The molecule has 0 amide bonds. The van der Waals surface area contributed by atoms with Crippen LogP contribution in [-0.4, -0.2) is 0 Å². The Morgan fingerprint density at radius 1 is 0.370 bits per heavy atom. The van der Waals surface area contributed by atoms with Gasteiger partial charge in [-0.1, -0.05) is 103 Å². The van der Waals surface area contributed by atoms with E-state index < -0.39 is 0 Å². The van der Waals surface area contributed by atoms with Crippen LogP contribution in [0.4, 0.5) is 45.5 Å². The van der Waals surface area contributed by atoms with E-state index in [4.69, 9.17) is 0 Å². The molecule has 3 nitrogen and oxygen atoms in total. The first kappa shape index (κ1) is 27.7. The van der Waals surface area contributed by atoms with E-state index in [-0.39, 0.29) is 0 Å². The van der Waals surface area contributed by atoms with Crippen LogP contribution in [-0.2, 0) is 0 Å². The van der Waals surface area contributed by atoms with Gasteiger partial charge in [-0.2, -0.15) is 0 Å². The second kappa shape index (κ2) is 12.3. The molecule has 4 heteroatoms. The van der Waals surface area contributed by atoms with Crippen molar-refractivity contribution in [3.8, 4) is 0 Å². The Balaban J connectivity index is 1.39. The van der Waals surface area contributed by atoms with Gasteiger partial charge in [-0.15, -0.1) is 11.3 Å². The van der Waals surface area contributed by atoms with Crippen LogP contribution in [0.15, 0.2) is 182 Å². The van der Waals surface area contributed by atoms with Crippen molar-refractivity contribution in [3.05, 3.63) is 182 Å². The highest BCUT2D eigenvalue weighted by atomic mass is 32.1. The summed E-state index contributed by atoms with van der Waals surface area (Å²) in [6, 6.07) is 64.4. The highest BCUT2D eigenvalue weighted by Gasteiger charge is 2.21. The van der Waals surface area contributed by atoms with E-state index in [1.807, 2.05) is 17.4 Å². The molecule has 220 valence electrons. The molecule has 0 aliphatic carbocycles. The monoisotopic (exact) mass is 609 g/mol. The first-order valence-corrected chi connectivity index (χ1v) is 16.3. The number of nitrogens with zero attached hydrogens (tertiary/aromatic N) is 2. The van der Waals surface area contributed by atoms with Crippen molar-refractivity contribution in [2.24, 2.45) is 0 Å². The van der Waals surface area contributed by atoms with Gasteiger partial charge >= 0.3 is 0 Å². The molecule has 0 unspecified atom stereocenters. The van der Waals surface area contributed by atoms with Gasteiger partial charge in [0.05, 0.1) is 21.8 Å². The van der Waals surface area contributed by atoms with E-state index >= 15 is 0 Å². The average molecular weight is 610 g/mol. The summed E-state index contributed by atoms with van der Waals surface area (Å²) in [6.45, 7) is 0. The van der Waals surface area contributed by atoms with Gasteiger partial charge in [0, 0.05) is 43.9 Å². The maximum Gasteiger partial charge on any atom is 0.0640 e. The smallest absolute Gasteiger partial charge is 0.0640 e. The fourth-order valence-electron chi connectivity index (χ4n) is 6.13. The van der Waals surface area contributed by atoms with Crippen LogP contribution < -0.4 is 15.1 Å². The van der Waals surface area contributed by atoms with Crippen LogP contribution in [0, 0.1) is 0 Å². The van der Waals surface area contributed by atoms with Crippen LogP contribution in [0.1, 0.15) is 0 Å². The third-order valence-corrected chi connectivity index (χ3v) is 9.36. The molecule has 1 heterocycles. The largest absolute Gasteiger partial charge is 0.355 e. The van der Waals surface area contributed by atoms with Gasteiger partial charge in [-0.05, 0) is 78.9 Å². The van der Waals surface area contributed by atoms with Crippen molar-refractivity contribution in [2.45, 2.75) is 0 Å². The molecule has 0 fully saturated rings. The molecule has 0 spiro atoms. The maximum absolute atomic E-state index is 3.71. The molecular formula is C42H31N3S. The SMILES string of the molecule is c1ccc(Nc2cc(N(c3ccccc3)c3ccccc3)cc(N(c3ccccc3)c3cccc4c3sc3ccccc34)c2)cc1. The fraction of sp³-hybridized carbons (Fsp3) is 0. The Hall–Kier alpha value is -5.84. The van der Waals surface area contributed by atoms with Crippen LogP contribution in [0.5, 0.6) is 0 Å². The minimum Gasteiger partial charge on any atom is -0.355 e. The van der Waals surface area contributed by atoms with E-state index in [1.54, 1.807) is 0 Å². The predicted octanol–water partition coefficient (Wildman–Crippen LogP) is 12.7. The van der Waals surface area contributed by atoms with E-state index in [1.165, 1.54) is 20.2 Å². The third kappa shape index (κ3) is 5.36. The van der Waals surface area contributed by atoms with E-state index in [2.05, 4.69) is 191 Å². The standard InChI is InChI=1S/C42H31N3S/c1-5-16-31(17-6-1)43-32-28-36(44(33-18-7-2-8-19-33)34-20-9-3-10-21-34)30-37(29-32)45(35-22-11-4-12-23-35)40-26-15-25-39-38-24-13-14-27-41(38)46-42(39)40/h1-30,43H. The lowest BCUT2D eigenvalue weighted by Gasteiger charge is -2.30. The Morgan fingerprint density at radius 2 is 0.870 bits per heavy atom.